The fourth-order valence-corrected chi connectivity index (χ4v) is 5.10. The van der Waals surface area contributed by atoms with Gasteiger partial charge < -0.3 is 14.6 Å². The van der Waals surface area contributed by atoms with Gasteiger partial charge >= 0.3 is 12.1 Å². The normalized spacial score (nSPS) is 18.6. The molecule has 1 aliphatic carbocycles. The molecule has 2 aromatic carbocycles. The molecule has 2 aromatic rings. The SMILES string of the molecule is C=C(C(=O)Oc1cc(OC)cc(-c2ccc(C3CCC(CCCCCCC(F)(F)F)CC3)cc2)c1)C(C)O. The van der Waals surface area contributed by atoms with Crippen molar-refractivity contribution in [3.05, 3.63) is 60.2 Å². The van der Waals surface area contributed by atoms with Crippen molar-refractivity contribution in [2.24, 2.45) is 5.92 Å². The fraction of sp³-hybridized carbons (Fsp3) is 0.516. The third-order valence-corrected chi connectivity index (χ3v) is 7.48. The summed E-state index contributed by atoms with van der Waals surface area (Å²) in [6, 6.07) is 13.7. The molecule has 38 heavy (non-hydrogen) atoms. The summed E-state index contributed by atoms with van der Waals surface area (Å²) in [5.74, 6) is 1.37. The van der Waals surface area contributed by atoms with Crippen LogP contribution in [0.4, 0.5) is 13.2 Å². The van der Waals surface area contributed by atoms with Crippen molar-refractivity contribution >= 4 is 5.97 Å². The van der Waals surface area contributed by atoms with Crippen molar-refractivity contribution in [2.45, 2.75) is 89.3 Å². The molecule has 0 radical (unpaired) electrons. The highest BCUT2D eigenvalue weighted by Crippen LogP contribution is 2.39. The summed E-state index contributed by atoms with van der Waals surface area (Å²) in [5.41, 5.74) is 3.11. The molecule has 1 aliphatic rings. The van der Waals surface area contributed by atoms with E-state index in [0.29, 0.717) is 29.8 Å². The van der Waals surface area contributed by atoms with Gasteiger partial charge in [-0.05, 0) is 79.7 Å². The molecular formula is C31H39F3O4. The number of aliphatic hydroxyl groups excluding tert-OH is 1. The van der Waals surface area contributed by atoms with E-state index in [-0.39, 0.29) is 12.0 Å². The van der Waals surface area contributed by atoms with Crippen LogP contribution in [0.25, 0.3) is 11.1 Å². The molecule has 0 heterocycles. The van der Waals surface area contributed by atoms with Crippen molar-refractivity contribution in [3.63, 3.8) is 0 Å². The van der Waals surface area contributed by atoms with E-state index in [4.69, 9.17) is 9.47 Å². The zero-order valence-electron chi connectivity index (χ0n) is 22.4. The second kappa shape index (κ2) is 13.8. The molecule has 0 aliphatic heterocycles. The minimum Gasteiger partial charge on any atom is -0.497 e. The maximum absolute atomic E-state index is 12.2. The van der Waals surface area contributed by atoms with Crippen LogP contribution >= 0.6 is 0 Å². The number of carbonyl (C=O) groups excluding carboxylic acids is 1. The Balaban J connectivity index is 1.52. The van der Waals surface area contributed by atoms with E-state index in [2.05, 4.69) is 30.8 Å². The van der Waals surface area contributed by atoms with Gasteiger partial charge in [-0.25, -0.2) is 4.79 Å². The number of hydrogen-bond acceptors (Lipinski definition) is 4. The number of benzene rings is 2. The van der Waals surface area contributed by atoms with Gasteiger partial charge in [-0.2, -0.15) is 13.2 Å². The Morgan fingerprint density at radius 1 is 0.974 bits per heavy atom. The number of esters is 1. The maximum Gasteiger partial charge on any atom is 0.389 e. The molecule has 1 atom stereocenters. The number of hydrogen-bond donors (Lipinski definition) is 1. The van der Waals surface area contributed by atoms with Gasteiger partial charge in [-0.15, -0.1) is 0 Å². The van der Waals surface area contributed by atoms with E-state index in [1.165, 1.54) is 12.5 Å². The van der Waals surface area contributed by atoms with Gasteiger partial charge in [0.1, 0.15) is 11.5 Å². The van der Waals surface area contributed by atoms with Crippen LogP contribution in [0.5, 0.6) is 11.5 Å². The van der Waals surface area contributed by atoms with Crippen molar-refractivity contribution in [3.8, 4) is 22.6 Å². The number of methoxy groups -OCH3 is 1. The number of rotatable bonds is 12. The third kappa shape index (κ3) is 9.19. The largest absolute Gasteiger partial charge is 0.497 e. The predicted molar refractivity (Wildman–Crippen MR) is 143 cm³/mol. The number of aliphatic hydroxyl groups is 1. The number of carbonyl (C=O) groups is 1. The van der Waals surface area contributed by atoms with Crippen LogP contribution in [0.3, 0.4) is 0 Å². The minimum absolute atomic E-state index is 0.0191. The summed E-state index contributed by atoms with van der Waals surface area (Å²) >= 11 is 0. The topological polar surface area (TPSA) is 55.8 Å². The summed E-state index contributed by atoms with van der Waals surface area (Å²) in [5, 5.41) is 9.58. The van der Waals surface area contributed by atoms with Crippen LogP contribution < -0.4 is 9.47 Å². The molecule has 7 heteroatoms. The highest BCUT2D eigenvalue weighted by atomic mass is 19.4. The number of alkyl halides is 3. The van der Waals surface area contributed by atoms with Crippen LogP contribution in [0.2, 0.25) is 0 Å². The highest BCUT2D eigenvalue weighted by molar-refractivity contribution is 5.90. The number of ether oxygens (including phenoxy) is 2. The van der Waals surface area contributed by atoms with Gasteiger partial charge in [0, 0.05) is 12.5 Å². The molecule has 0 bridgehead atoms. The van der Waals surface area contributed by atoms with Crippen LogP contribution in [0.15, 0.2) is 54.6 Å². The first-order chi connectivity index (χ1) is 18.1. The first-order valence-electron chi connectivity index (χ1n) is 13.5. The molecule has 4 nitrogen and oxygen atoms in total. The lowest BCUT2D eigenvalue weighted by molar-refractivity contribution is -0.135. The van der Waals surface area contributed by atoms with E-state index in [1.54, 1.807) is 19.2 Å². The first-order valence-corrected chi connectivity index (χ1v) is 13.5. The summed E-state index contributed by atoms with van der Waals surface area (Å²) in [4.78, 5) is 12.2. The Kier molecular flexibility index (Phi) is 10.8. The zero-order chi connectivity index (χ0) is 27.7. The van der Waals surface area contributed by atoms with Gasteiger partial charge in [-0.1, -0.05) is 56.5 Å². The van der Waals surface area contributed by atoms with Crippen molar-refractivity contribution in [1.82, 2.24) is 0 Å². The van der Waals surface area contributed by atoms with Crippen LogP contribution in [-0.2, 0) is 4.79 Å². The summed E-state index contributed by atoms with van der Waals surface area (Å²) in [6.45, 7) is 5.03. The molecule has 0 aromatic heterocycles. The summed E-state index contributed by atoms with van der Waals surface area (Å²) in [7, 11) is 1.55. The third-order valence-electron chi connectivity index (χ3n) is 7.48. The zero-order valence-corrected chi connectivity index (χ0v) is 22.4. The van der Waals surface area contributed by atoms with Crippen molar-refractivity contribution < 1.29 is 32.5 Å². The average molecular weight is 533 g/mol. The van der Waals surface area contributed by atoms with Gasteiger partial charge in [0.05, 0.1) is 18.8 Å². The molecule has 1 saturated carbocycles. The van der Waals surface area contributed by atoms with Gasteiger partial charge in [0.25, 0.3) is 0 Å². The Labute approximate surface area is 223 Å². The van der Waals surface area contributed by atoms with E-state index in [0.717, 1.165) is 56.1 Å². The van der Waals surface area contributed by atoms with Gasteiger partial charge in [0.15, 0.2) is 0 Å². The standard InChI is InChI=1S/C31H39F3O4/c1-21(22(2)35)30(36)38-29-19-27(18-28(20-29)37-3)26-15-13-25(14-16-26)24-11-9-23(10-12-24)8-6-4-5-7-17-31(32,33)34/h13-16,18-20,22-24,35H,1,4-12,17H2,2-3H3. The first kappa shape index (κ1) is 29.8. The summed E-state index contributed by atoms with van der Waals surface area (Å²) in [6.07, 6.45) is 2.83. The van der Waals surface area contributed by atoms with Crippen LogP contribution in [0.1, 0.15) is 82.6 Å². The average Bonchev–Trinajstić information content (AvgIpc) is 2.89. The lowest BCUT2D eigenvalue weighted by atomic mass is 9.77. The second-order valence-corrected chi connectivity index (χ2v) is 10.4. The predicted octanol–water partition coefficient (Wildman–Crippen LogP) is 8.38. The van der Waals surface area contributed by atoms with Crippen LogP contribution in [0, 0.1) is 5.92 Å². The molecule has 3 rings (SSSR count). The lowest BCUT2D eigenvalue weighted by Gasteiger charge is -2.29. The molecule has 1 fully saturated rings. The number of unbranched alkanes of at least 4 members (excludes halogenated alkanes) is 3. The molecule has 1 N–H and O–H groups in total. The molecular weight excluding hydrogens is 493 g/mol. The highest BCUT2D eigenvalue weighted by Gasteiger charge is 2.26. The minimum atomic E-state index is -4.03. The Bertz CT molecular complexity index is 1050. The van der Waals surface area contributed by atoms with Crippen molar-refractivity contribution in [1.29, 1.82) is 0 Å². The van der Waals surface area contributed by atoms with Gasteiger partial charge in [0.2, 0.25) is 0 Å². The Morgan fingerprint density at radius 2 is 1.61 bits per heavy atom. The quantitative estimate of drug-likeness (QED) is 0.129. The Hall–Kier alpha value is -2.80. The second-order valence-electron chi connectivity index (χ2n) is 10.4. The molecule has 1 unspecified atom stereocenters. The maximum atomic E-state index is 12.2. The summed E-state index contributed by atoms with van der Waals surface area (Å²) < 4.78 is 47.5. The van der Waals surface area contributed by atoms with E-state index < -0.39 is 24.7 Å². The lowest BCUT2D eigenvalue weighted by Crippen LogP contribution is -2.18. The van der Waals surface area contributed by atoms with E-state index >= 15 is 0 Å². The smallest absolute Gasteiger partial charge is 0.389 e. The molecule has 0 spiro atoms. The van der Waals surface area contributed by atoms with Crippen molar-refractivity contribution in [2.75, 3.05) is 7.11 Å². The number of halogens is 3. The van der Waals surface area contributed by atoms with E-state index in [9.17, 15) is 23.1 Å². The fourth-order valence-electron chi connectivity index (χ4n) is 5.10. The van der Waals surface area contributed by atoms with Gasteiger partial charge in [-0.3, -0.25) is 0 Å². The monoisotopic (exact) mass is 532 g/mol. The van der Waals surface area contributed by atoms with E-state index in [1.807, 2.05) is 6.07 Å². The van der Waals surface area contributed by atoms with Crippen LogP contribution in [-0.4, -0.2) is 30.5 Å². The molecule has 0 saturated heterocycles. The molecule has 0 amide bonds. The molecule has 208 valence electrons. The Morgan fingerprint density at radius 3 is 2.21 bits per heavy atom.